The molecule has 0 aliphatic heterocycles. The first-order valence-electron chi connectivity index (χ1n) is 7.79. The lowest BCUT2D eigenvalue weighted by Gasteiger charge is -2.20. The number of aromatic nitrogens is 4. The predicted octanol–water partition coefficient (Wildman–Crippen LogP) is 1.49. The summed E-state index contributed by atoms with van der Waals surface area (Å²) in [5, 5.41) is 8.46. The summed E-state index contributed by atoms with van der Waals surface area (Å²) < 4.78 is 33.6. The molecular formula is C16H19N5O4S. The number of hydrogen-bond donors (Lipinski definition) is 0. The zero-order valence-electron chi connectivity index (χ0n) is 14.9. The van der Waals surface area contributed by atoms with E-state index in [1.54, 1.807) is 50.0 Å². The van der Waals surface area contributed by atoms with Crippen molar-refractivity contribution in [2.75, 3.05) is 10.6 Å². The molecule has 1 amide bonds. The molecule has 0 fully saturated rings. The van der Waals surface area contributed by atoms with E-state index in [1.165, 1.54) is 10.9 Å². The minimum Gasteiger partial charge on any atom is -0.463 e. The van der Waals surface area contributed by atoms with E-state index in [1.807, 2.05) is 0 Å². The molecule has 26 heavy (non-hydrogen) atoms. The van der Waals surface area contributed by atoms with Crippen LogP contribution in [-0.4, -0.2) is 40.1 Å². The molecule has 0 aliphatic carbocycles. The summed E-state index contributed by atoms with van der Waals surface area (Å²) in [5.41, 5.74) is 1.87. The van der Waals surface area contributed by atoms with Crippen molar-refractivity contribution in [1.29, 1.82) is 0 Å². The Morgan fingerprint density at radius 3 is 2.54 bits per heavy atom. The van der Waals surface area contributed by atoms with E-state index < -0.39 is 15.9 Å². The number of carbonyl (C=O) groups excluding carboxylic acids is 1. The van der Waals surface area contributed by atoms with Gasteiger partial charge in [-0.1, -0.05) is 0 Å². The average molecular weight is 377 g/mol. The highest BCUT2D eigenvalue weighted by atomic mass is 32.2. The molecule has 0 bridgehead atoms. The fourth-order valence-electron chi connectivity index (χ4n) is 2.74. The van der Waals surface area contributed by atoms with Crippen LogP contribution in [0, 0.1) is 13.8 Å². The van der Waals surface area contributed by atoms with Crippen LogP contribution in [0.25, 0.3) is 11.5 Å². The highest BCUT2D eigenvalue weighted by Crippen LogP contribution is 2.26. The molecule has 0 N–H and O–H groups in total. The van der Waals surface area contributed by atoms with Gasteiger partial charge in [0.2, 0.25) is 10.0 Å². The lowest BCUT2D eigenvalue weighted by molar-refractivity contribution is -0.118. The van der Waals surface area contributed by atoms with Crippen LogP contribution in [-0.2, 0) is 28.4 Å². The van der Waals surface area contributed by atoms with Gasteiger partial charge in [-0.25, -0.2) is 12.7 Å². The van der Waals surface area contributed by atoms with Crippen LogP contribution >= 0.6 is 0 Å². The van der Waals surface area contributed by atoms with E-state index in [2.05, 4.69) is 10.2 Å². The Balaban J connectivity index is 1.92. The first kappa shape index (κ1) is 17.9. The maximum Gasteiger partial charge on any atom is 0.262 e. The second-order valence-electron chi connectivity index (χ2n) is 5.94. The molecule has 0 unspecified atom stereocenters. The zero-order chi connectivity index (χ0) is 19.1. The molecular weight excluding hydrogens is 358 g/mol. The summed E-state index contributed by atoms with van der Waals surface area (Å²) in [7, 11) is -2.14. The number of sulfonamides is 1. The molecule has 3 rings (SSSR count). The van der Waals surface area contributed by atoms with Crippen molar-refractivity contribution in [3.63, 3.8) is 0 Å². The van der Waals surface area contributed by atoms with Gasteiger partial charge in [-0.3, -0.25) is 14.2 Å². The number of nitrogens with zero attached hydrogens (tertiary/aromatic N) is 5. The SMILES string of the molecule is Cc1nn(C)c(C)c1N(C(=O)Cn1ccc(-c2ccco2)n1)S(C)(=O)=O. The van der Waals surface area contributed by atoms with Gasteiger partial charge in [0.05, 0.1) is 23.9 Å². The number of hydrogen-bond acceptors (Lipinski definition) is 6. The lowest BCUT2D eigenvalue weighted by Crippen LogP contribution is -2.39. The molecule has 0 aromatic carbocycles. The van der Waals surface area contributed by atoms with E-state index in [0.29, 0.717) is 22.8 Å². The Morgan fingerprint density at radius 1 is 1.27 bits per heavy atom. The maximum absolute atomic E-state index is 12.8. The zero-order valence-corrected chi connectivity index (χ0v) is 15.7. The summed E-state index contributed by atoms with van der Waals surface area (Å²) in [6.07, 6.45) is 4.12. The molecule has 0 saturated heterocycles. The van der Waals surface area contributed by atoms with E-state index in [-0.39, 0.29) is 12.2 Å². The highest BCUT2D eigenvalue weighted by molar-refractivity contribution is 7.92. The smallest absolute Gasteiger partial charge is 0.262 e. The van der Waals surface area contributed by atoms with Crippen molar-refractivity contribution < 1.29 is 17.6 Å². The Morgan fingerprint density at radius 2 is 2.00 bits per heavy atom. The second-order valence-corrected chi connectivity index (χ2v) is 7.77. The quantitative estimate of drug-likeness (QED) is 0.667. The van der Waals surface area contributed by atoms with Gasteiger partial charge in [0, 0.05) is 13.2 Å². The maximum atomic E-state index is 12.8. The van der Waals surface area contributed by atoms with Crippen LogP contribution in [0.3, 0.4) is 0 Å². The number of amides is 1. The summed E-state index contributed by atoms with van der Waals surface area (Å²) in [6.45, 7) is 3.14. The standard InChI is InChI=1S/C16H19N5O4S/c1-11-16(12(2)19(3)17-11)21(26(4,23)24)15(22)10-20-8-7-13(18-20)14-6-5-9-25-14/h5-9H,10H2,1-4H3. The first-order chi connectivity index (χ1) is 12.2. The summed E-state index contributed by atoms with van der Waals surface area (Å²) >= 11 is 0. The van der Waals surface area contributed by atoms with Crippen molar-refractivity contribution in [3.05, 3.63) is 42.0 Å². The number of furan rings is 1. The normalized spacial score (nSPS) is 11.7. The highest BCUT2D eigenvalue weighted by Gasteiger charge is 2.30. The molecule has 0 spiro atoms. The lowest BCUT2D eigenvalue weighted by atomic mass is 10.3. The third-order valence-corrected chi connectivity index (χ3v) is 4.99. The molecule has 138 valence electrons. The van der Waals surface area contributed by atoms with Crippen LogP contribution < -0.4 is 4.31 Å². The second kappa shape index (κ2) is 6.45. The van der Waals surface area contributed by atoms with Gasteiger partial charge in [0.1, 0.15) is 17.9 Å². The Hall–Kier alpha value is -2.88. The minimum atomic E-state index is -3.83. The minimum absolute atomic E-state index is 0.235. The van der Waals surface area contributed by atoms with Crippen molar-refractivity contribution in [3.8, 4) is 11.5 Å². The molecule has 0 atom stereocenters. The molecule has 3 aromatic heterocycles. The summed E-state index contributed by atoms with van der Waals surface area (Å²) in [5.74, 6) is -0.0593. The Bertz CT molecular complexity index is 1050. The Kier molecular flexibility index (Phi) is 4.45. The van der Waals surface area contributed by atoms with Crippen molar-refractivity contribution in [2.24, 2.45) is 7.05 Å². The summed E-state index contributed by atoms with van der Waals surface area (Å²) in [6, 6.07) is 5.18. The number of carbonyl (C=O) groups is 1. The van der Waals surface area contributed by atoms with Gasteiger partial charge < -0.3 is 4.42 Å². The topological polar surface area (TPSA) is 103 Å². The van der Waals surface area contributed by atoms with Gasteiger partial charge >= 0.3 is 0 Å². The van der Waals surface area contributed by atoms with Crippen LogP contribution in [0.1, 0.15) is 11.4 Å². The van der Waals surface area contributed by atoms with Gasteiger partial charge in [-0.15, -0.1) is 0 Å². The van der Waals surface area contributed by atoms with Crippen LogP contribution in [0.15, 0.2) is 35.1 Å². The van der Waals surface area contributed by atoms with Crippen molar-refractivity contribution in [2.45, 2.75) is 20.4 Å². The predicted molar refractivity (Wildman–Crippen MR) is 94.9 cm³/mol. The van der Waals surface area contributed by atoms with Gasteiger partial charge in [-0.2, -0.15) is 10.2 Å². The summed E-state index contributed by atoms with van der Waals surface area (Å²) in [4.78, 5) is 12.8. The van der Waals surface area contributed by atoms with Gasteiger partial charge in [0.25, 0.3) is 5.91 Å². The fourth-order valence-corrected chi connectivity index (χ4v) is 3.76. The third kappa shape index (κ3) is 3.27. The van der Waals surface area contributed by atoms with Gasteiger partial charge in [0.15, 0.2) is 5.76 Å². The van der Waals surface area contributed by atoms with Crippen molar-refractivity contribution >= 4 is 21.6 Å². The van der Waals surface area contributed by atoms with Gasteiger partial charge in [-0.05, 0) is 32.0 Å². The molecule has 0 radical (unpaired) electrons. The van der Waals surface area contributed by atoms with Crippen LogP contribution in [0.5, 0.6) is 0 Å². The number of rotatable bonds is 5. The molecule has 9 nitrogen and oxygen atoms in total. The monoisotopic (exact) mass is 377 g/mol. The molecule has 0 aliphatic rings. The number of anilines is 1. The number of aryl methyl sites for hydroxylation is 2. The first-order valence-corrected chi connectivity index (χ1v) is 9.64. The van der Waals surface area contributed by atoms with E-state index in [4.69, 9.17) is 4.42 Å². The van der Waals surface area contributed by atoms with E-state index in [0.717, 1.165) is 10.6 Å². The molecule has 3 aromatic rings. The van der Waals surface area contributed by atoms with Crippen LogP contribution in [0.4, 0.5) is 5.69 Å². The molecule has 0 saturated carbocycles. The molecule has 3 heterocycles. The van der Waals surface area contributed by atoms with Crippen molar-refractivity contribution in [1.82, 2.24) is 19.6 Å². The molecule has 10 heteroatoms. The van der Waals surface area contributed by atoms with E-state index in [9.17, 15) is 13.2 Å². The van der Waals surface area contributed by atoms with Crippen LogP contribution in [0.2, 0.25) is 0 Å². The fraction of sp³-hybridized carbons (Fsp3) is 0.312. The Labute approximate surface area is 150 Å². The van der Waals surface area contributed by atoms with E-state index >= 15 is 0 Å². The third-order valence-electron chi connectivity index (χ3n) is 3.94. The average Bonchev–Trinajstić information content (AvgIpc) is 3.24. The largest absolute Gasteiger partial charge is 0.463 e.